The highest BCUT2D eigenvalue weighted by atomic mass is 16.8. The molecule has 0 aromatic heterocycles. The van der Waals surface area contributed by atoms with Crippen molar-refractivity contribution in [2.24, 2.45) is 17.1 Å². The minimum absolute atomic E-state index is 0.0971. The first-order chi connectivity index (χ1) is 18.7. The van der Waals surface area contributed by atoms with Crippen molar-refractivity contribution in [1.29, 1.82) is 0 Å². The van der Waals surface area contributed by atoms with Gasteiger partial charge >= 0.3 is 24.2 Å². The molecule has 0 heterocycles. The van der Waals surface area contributed by atoms with Gasteiger partial charge in [-0.1, -0.05) is 47.6 Å². The molecule has 0 fully saturated rings. The molecular formula is C30H47NO10. The molecule has 232 valence electrons. The van der Waals surface area contributed by atoms with Gasteiger partial charge in [0.2, 0.25) is 0 Å². The second kappa shape index (κ2) is 14.5. The summed E-state index contributed by atoms with van der Waals surface area (Å²) in [7, 11) is 0. The zero-order chi connectivity index (χ0) is 31.8. The zero-order valence-electron chi connectivity index (χ0n) is 26.0. The van der Waals surface area contributed by atoms with E-state index in [0.29, 0.717) is 18.4 Å². The molecule has 11 nitrogen and oxygen atoms in total. The van der Waals surface area contributed by atoms with Gasteiger partial charge in [-0.3, -0.25) is 9.59 Å². The third kappa shape index (κ3) is 12.4. The lowest BCUT2D eigenvalue weighted by atomic mass is 9.82. The molecule has 2 unspecified atom stereocenters. The largest absolute Gasteiger partial charge is 0.514 e. The summed E-state index contributed by atoms with van der Waals surface area (Å²) in [5, 5.41) is 9.74. The van der Waals surface area contributed by atoms with E-state index in [1.807, 2.05) is 34.6 Å². The van der Waals surface area contributed by atoms with Crippen LogP contribution in [-0.2, 0) is 23.8 Å². The summed E-state index contributed by atoms with van der Waals surface area (Å²) >= 11 is 0. The van der Waals surface area contributed by atoms with Crippen molar-refractivity contribution in [3.8, 4) is 11.5 Å². The summed E-state index contributed by atoms with van der Waals surface area (Å²) in [6.45, 7) is 17.8. The van der Waals surface area contributed by atoms with Gasteiger partial charge in [-0.25, -0.2) is 9.59 Å². The van der Waals surface area contributed by atoms with E-state index in [2.05, 4.69) is 0 Å². The molecule has 0 aliphatic heterocycles. The molecule has 41 heavy (non-hydrogen) atoms. The van der Waals surface area contributed by atoms with Crippen molar-refractivity contribution in [3.05, 3.63) is 23.8 Å². The zero-order valence-corrected chi connectivity index (χ0v) is 26.0. The van der Waals surface area contributed by atoms with Crippen LogP contribution >= 0.6 is 0 Å². The molecule has 0 amide bonds. The lowest BCUT2D eigenvalue weighted by Crippen LogP contribution is -2.40. The van der Waals surface area contributed by atoms with Crippen molar-refractivity contribution >= 4 is 24.2 Å². The van der Waals surface area contributed by atoms with Crippen LogP contribution < -0.4 is 15.2 Å². The third-order valence-corrected chi connectivity index (χ3v) is 6.63. The van der Waals surface area contributed by atoms with E-state index in [1.54, 1.807) is 34.6 Å². The van der Waals surface area contributed by atoms with Crippen LogP contribution in [-0.4, -0.2) is 53.2 Å². The molecule has 11 heteroatoms. The van der Waals surface area contributed by atoms with Gasteiger partial charge in [-0.15, -0.1) is 0 Å². The van der Waals surface area contributed by atoms with E-state index in [1.165, 1.54) is 18.2 Å². The second-order valence-electron chi connectivity index (χ2n) is 12.6. The highest BCUT2D eigenvalue weighted by Crippen LogP contribution is 2.37. The molecular weight excluding hydrogens is 534 g/mol. The smallest absolute Gasteiger partial charge is 0.480 e. The fourth-order valence-corrected chi connectivity index (χ4v) is 3.57. The Hall–Kier alpha value is -3.34. The van der Waals surface area contributed by atoms with Gasteiger partial charge in [0, 0.05) is 5.92 Å². The molecule has 3 atom stereocenters. The molecule has 0 radical (unpaired) electrons. The molecule has 0 aliphatic carbocycles. The van der Waals surface area contributed by atoms with Gasteiger partial charge in [0.1, 0.15) is 17.2 Å². The van der Waals surface area contributed by atoms with Crippen LogP contribution in [0.4, 0.5) is 9.59 Å². The molecule has 0 aliphatic rings. The van der Waals surface area contributed by atoms with Crippen LogP contribution in [0.1, 0.15) is 100.0 Å². The number of benzene rings is 1. The normalized spacial score (nSPS) is 14.3. The minimum atomic E-state index is -1.40. The standard InChI is InChI=1S/C30H47NO10/c1-11-29(7,8)40-26(35)38-20-14-13-19(15-21(20)39-27(36)41-30(9,10)12-2)23(24(31)25(33)34)18(3)17-37-22(32)16-28(4,5)6/h13-15,18,23-24H,11-12,16-17,31H2,1-10H3,(H,33,34)/t18?,23?,24-/m0/s1. The Labute approximate surface area is 243 Å². The van der Waals surface area contributed by atoms with Gasteiger partial charge in [0.05, 0.1) is 13.0 Å². The van der Waals surface area contributed by atoms with E-state index in [9.17, 15) is 24.3 Å². The maximum atomic E-state index is 12.7. The third-order valence-electron chi connectivity index (χ3n) is 6.63. The predicted molar refractivity (Wildman–Crippen MR) is 152 cm³/mol. The number of aliphatic carboxylic acids is 1. The number of carbonyl (C=O) groups excluding carboxylic acids is 3. The maximum Gasteiger partial charge on any atom is 0.514 e. The summed E-state index contributed by atoms with van der Waals surface area (Å²) in [6, 6.07) is 2.81. The Morgan fingerprint density at radius 2 is 1.34 bits per heavy atom. The maximum absolute atomic E-state index is 12.7. The summed E-state index contributed by atoms with van der Waals surface area (Å²) in [5.41, 5.74) is 4.51. The Bertz CT molecular complexity index is 1070. The Kier molecular flexibility index (Phi) is 12.6. The number of rotatable bonds is 13. The molecule has 0 bridgehead atoms. The van der Waals surface area contributed by atoms with Gasteiger partial charge in [0.15, 0.2) is 11.5 Å². The van der Waals surface area contributed by atoms with Crippen LogP contribution in [0.2, 0.25) is 0 Å². The van der Waals surface area contributed by atoms with E-state index < -0.39 is 53.3 Å². The number of esters is 1. The van der Waals surface area contributed by atoms with Crippen LogP contribution in [0.15, 0.2) is 18.2 Å². The number of hydrogen-bond donors (Lipinski definition) is 2. The Balaban J connectivity index is 3.44. The van der Waals surface area contributed by atoms with Crippen molar-refractivity contribution in [2.75, 3.05) is 6.61 Å². The van der Waals surface area contributed by atoms with Crippen molar-refractivity contribution in [1.82, 2.24) is 0 Å². The highest BCUT2D eigenvalue weighted by molar-refractivity contribution is 5.75. The fraction of sp³-hybridized carbons (Fsp3) is 0.667. The number of carboxylic acids is 1. The topological polar surface area (TPSA) is 161 Å². The minimum Gasteiger partial charge on any atom is -0.480 e. The molecule has 1 rings (SSSR count). The lowest BCUT2D eigenvalue weighted by Gasteiger charge is -2.28. The van der Waals surface area contributed by atoms with Gasteiger partial charge in [-0.2, -0.15) is 0 Å². The highest BCUT2D eigenvalue weighted by Gasteiger charge is 2.34. The average Bonchev–Trinajstić information content (AvgIpc) is 2.82. The van der Waals surface area contributed by atoms with E-state index in [-0.39, 0.29) is 29.9 Å². The Morgan fingerprint density at radius 1 is 0.854 bits per heavy atom. The number of ether oxygens (including phenoxy) is 5. The number of carbonyl (C=O) groups is 4. The average molecular weight is 582 g/mol. The number of carboxylic acid groups (broad SMARTS) is 1. The Morgan fingerprint density at radius 3 is 1.78 bits per heavy atom. The molecule has 0 spiro atoms. The van der Waals surface area contributed by atoms with Gasteiger partial charge < -0.3 is 34.5 Å². The van der Waals surface area contributed by atoms with Crippen molar-refractivity contribution < 1.29 is 48.0 Å². The summed E-state index contributed by atoms with van der Waals surface area (Å²) in [4.78, 5) is 49.4. The second-order valence-corrected chi connectivity index (χ2v) is 12.6. The first-order valence-corrected chi connectivity index (χ1v) is 13.8. The first kappa shape index (κ1) is 35.7. The lowest BCUT2D eigenvalue weighted by molar-refractivity contribution is -0.147. The van der Waals surface area contributed by atoms with Crippen LogP contribution in [0.5, 0.6) is 11.5 Å². The monoisotopic (exact) mass is 581 g/mol. The van der Waals surface area contributed by atoms with Gasteiger partial charge in [-0.05, 0) is 69.6 Å². The number of nitrogens with two attached hydrogens (primary N) is 1. The quantitative estimate of drug-likeness (QED) is 0.155. The SMILES string of the molecule is CCC(C)(C)OC(=O)Oc1ccc(C(C(C)COC(=O)CC(C)(C)C)[C@H](N)C(=O)O)cc1OC(=O)OC(C)(C)CC. The van der Waals surface area contributed by atoms with E-state index >= 15 is 0 Å². The first-order valence-electron chi connectivity index (χ1n) is 13.8. The van der Waals surface area contributed by atoms with E-state index in [4.69, 9.17) is 29.4 Å². The van der Waals surface area contributed by atoms with E-state index in [0.717, 1.165) is 0 Å². The number of hydrogen-bond acceptors (Lipinski definition) is 10. The summed E-state index contributed by atoms with van der Waals surface area (Å²) < 4.78 is 26.9. The molecule has 1 aromatic carbocycles. The summed E-state index contributed by atoms with van der Waals surface area (Å²) in [6.07, 6.45) is -0.861. The fourth-order valence-electron chi connectivity index (χ4n) is 3.57. The molecule has 3 N–H and O–H groups in total. The van der Waals surface area contributed by atoms with Crippen LogP contribution in [0.3, 0.4) is 0 Å². The van der Waals surface area contributed by atoms with Crippen molar-refractivity contribution in [3.63, 3.8) is 0 Å². The summed E-state index contributed by atoms with van der Waals surface area (Å²) in [5.74, 6) is -3.48. The van der Waals surface area contributed by atoms with Crippen molar-refractivity contribution in [2.45, 2.75) is 112 Å². The van der Waals surface area contributed by atoms with Crippen LogP contribution in [0.25, 0.3) is 0 Å². The van der Waals surface area contributed by atoms with Gasteiger partial charge in [0.25, 0.3) is 0 Å². The molecule has 0 saturated heterocycles. The van der Waals surface area contributed by atoms with Crippen LogP contribution in [0, 0.1) is 11.3 Å². The molecule has 0 saturated carbocycles. The predicted octanol–water partition coefficient (Wildman–Crippen LogP) is 6.21. The molecule has 1 aromatic rings.